The van der Waals surface area contributed by atoms with E-state index in [2.05, 4.69) is 0 Å². The van der Waals surface area contributed by atoms with E-state index >= 15 is 0 Å². The van der Waals surface area contributed by atoms with Crippen LogP contribution < -0.4 is 0 Å². The molecule has 0 unspecified atom stereocenters. The number of rotatable bonds is 8. The van der Waals surface area contributed by atoms with Crippen LogP contribution in [0, 0.1) is 17.8 Å². The number of allylic oxidation sites excluding steroid dienone is 2. The molecule has 1 heterocycles. The number of carbonyl (C=O) groups excluding carboxylic acids is 1. The summed E-state index contributed by atoms with van der Waals surface area (Å²) < 4.78 is 5.34. The lowest BCUT2D eigenvalue weighted by Crippen LogP contribution is -2.39. The van der Waals surface area contributed by atoms with Crippen molar-refractivity contribution in [3.05, 3.63) is 24.3 Å². The molecule has 0 aromatic heterocycles. The molecule has 0 amide bonds. The molecule has 6 atom stereocenters. The lowest BCUT2D eigenvalue weighted by molar-refractivity contribution is -0.149. The van der Waals surface area contributed by atoms with Gasteiger partial charge in [0.05, 0.1) is 12.2 Å². The van der Waals surface area contributed by atoms with Crippen molar-refractivity contribution < 1.29 is 19.7 Å². The minimum absolute atomic E-state index is 0.0802. The highest BCUT2D eigenvalue weighted by molar-refractivity contribution is 5.82. The van der Waals surface area contributed by atoms with Crippen molar-refractivity contribution in [2.45, 2.75) is 65.3 Å². The second-order valence-corrected chi connectivity index (χ2v) is 6.34. The van der Waals surface area contributed by atoms with Crippen LogP contribution in [0.15, 0.2) is 24.3 Å². The fourth-order valence-electron chi connectivity index (χ4n) is 2.91. The zero-order chi connectivity index (χ0) is 16.7. The van der Waals surface area contributed by atoms with Crippen molar-refractivity contribution in [3.63, 3.8) is 0 Å². The lowest BCUT2D eigenvalue weighted by Gasteiger charge is -2.33. The van der Waals surface area contributed by atoms with E-state index in [9.17, 15) is 15.0 Å². The Hall–Kier alpha value is -1.13. The fourth-order valence-corrected chi connectivity index (χ4v) is 2.91. The molecule has 1 aliphatic heterocycles. The molecule has 0 aromatic carbocycles. The molecular weight excluding hydrogens is 280 g/mol. The monoisotopic (exact) mass is 310 g/mol. The van der Waals surface area contributed by atoms with Crippen LogP contribution in [-0.4, -0.2) is 34.5 Å². The van der Waals surface area contributed by atoms with E-state index in [1.54, 1.807) is 0 Å². The number of cyclic esters (lactones) is 1. The van der Waals surface area contributed by atoms with Crippen molar-refractivity contribution in [1.29, 1.82) is 0 Å². The molecule has 0 fully saturated rings. The predicted octanol–water partition coefficient (Wildman–Crippen LogP) is 2.84. The summed E-state index contributed by atoms with van der Waals surface area (Å²) in [6.45, 7) is 7.81. The minimum atomic E-state index is -0.693. The molecule has 0 saturated heterocycles. The van der Waals surface area contributed by atoms with Crippen LogP contribution in [0.2, 0.25) is 0 Å². The van der Waals surface area contributed by atoms with Gasteiger partial charge < -0.3 is 14.9 Å². The maximum absolute atomic E-state index is 11.4. The fraction of sp³-hybridized carbons (Fsp3) is 0.722. The van der Waals surface area contributed by atoms with Gasteiger partial charge in [-0.3, -0.25) is 0 Å². The van der Waals surface area contributed by atoms with Crippen LogP contribution in [0.4, 0.5) is 0 Å². The quantitative estimate of drug-likeness (QED) is 0.534. The number of hydrogen-bond donors (Lipinski definition) is 2. The van der Waals surface area contributed by atoms with Crippen LogP contribution in [0.1, 0.15) is 47.0 Å². The van der Waals surface area contributed by atoms with Crippen LogP contribution in [-0.2, 0) is 9.53 Å². The second kappa shape index (κ2) is 9.11. The van der Waals surface area contributed by atoms with Gasteiger partial charge in [-0.15, -0.1) is 0 Å². The normalized spacial score (nSPS) is 27.5. The molecule has 0 aliphatic carbocycles. The Morgan fingerprint density at radius 3 is 2.64 bits per heavy atom. The first-order valence-corrected chi connectivity index (χ1v) is 8.26. The molecule has 0 spiro atoms. The Morgan fingerprint density at radius 2 is 2.05 bits per heavy atom. The van der Waals surface area contributed by atoms with E-state index in [-0.39, 0.29) is 29.8 Å². The Bertz CT molecular complexity index is 402. The third kappa shape index (κ3) is 5.25. The van der Waals surface area contributed by atoms with Gasteiger partial charge in [0, 0.05) is 24.3 Å². The van der Waals surface area contributed by atoms with Crippen LogP contribution in [0.5, 0.6) is 0 Å². The Kier molecular flexibility index (Phi) is 7.83. The van der Waals surface area contributed by atoms with Crippen molar-refractivity contribution in [3.8, 4) is 0 Å². The van der Waals surface area contributed by atoms with Gasteiger partial charge in [-0.2, -0.15) is 0 Å². The first-order chi connectivity index (χ1) is 10.4. The van der Waals surface area contributed by atoms with Gasteiger partial charge in [0.25, 0.3) is 0 Å². The van der Waals surface area contributed by atoms with E-state index in [0.717, 1.165) is 12.8 Å². The Labute approximate surface area is 133 Å². The number of ether oxygens (including phenoxy) is 1. The summed E-state index contributed by atoms with van der Waals surface area (Å²) in [7, 11) is 0. The molecule has 126 valence electrons. The number of hydrogen-bond acceptors (Lipinski definition) is 4. The highest BCUT2D eigenvalue weighted by Gasteiger charge is 2.32. The first kappa shape index (κ1) is 18.9. The molecule has 2 N–H and O–H groups in total. The third-order valence-corrected chi connectivity index (χ3v) is 4.64. The van der Waals surface area contributed by atoms with Gasteiger partial charge in [-0.25, -0.2) is 4.79 Å². The predicted molar refractivity (Wildman–Crippen MR) is 87.2 cm³/mol. The molecular formula is C18H30O4. The van der Waals surface area contributed by atoms with Crippen LogP contribution >= 0.6 is 0 Å². The summed E-state index contributed by atoms with van der Waals surface area (Å²) in [5.41, 5.74) is 0. The van der Waals surface area contributed by atoms with Gasteiger partial charge in [0.2, 0.25) is 0 Å². The first-order valence-electron chi connectivity index (χ1n) is 8.26. The smallest absolute Gasteiger partial charge is 0.330 e. The molecule has 0 bridgehead atoms. The van der Waals surface area contributed by atoms with Crippen LogP contribution in [0.3, 0.4) is 0 Å². The van der Waals surface area contributed by atoms with Gasteiger partial charge >= 0.3 is 5.97 Å². The maximum atomic E-state index is 11.4. The molecule has 0 aromatic rings. The highest BCUT2D eigenvalue weighted by Crippen LogP contribution is 2.27. The average Bonchev–Trinajstić information content (AvgIpc) is 2.51. The molecule has 1 rings (SSSR count). The minimum Gasteiger partial charge on any atom is -0.458 e. The number of esters is 1. The maximum Gasteiger partial charge on any atom is 0.330 e. The van der Waals surface area contributed by atoms with Crippen molar-refractivity contribution in [1.82, 2.24) is 0 Å². The van der Waals surface area contributed by atoms with Gasteiger partial charge in [0.15, 0.2) is 0 Å². The highest BCUT2D eigenvalue weighted by atomic mass is 16.5. The molecule has 1 aliphatic rings. The zero-order valence-electron chi connectivity index (χ0n) is 14.1. The largest absolute Gasteiger partial charge is 0.458 e. The van der Waals surface area contributed by atoms with E-state index in [4.69, 9.17) is 4.74 Å². The molecule has 0 saturated carbocycles. The number of carbonyl (C=O) groups is 1. The summed E-state index contributed by atoms with van der Waals surface area (Å²) in [4.78, 5) is 11.4. The average molecular weight is 310 g/mol. The Morgan fingerprint density at radius 1 is 1.36 bits per heavy atom. The van der Waals surface area contributed by atoms with Crippen molar-refractivity contribution >= 4 is 5.97 Å². The van der Waals surface area contributed by atoms with Crippen LogP contribution in [0.25, 0.3) is 0 Å². The topological polar surface area (TPSA) is 66.8 Å². The van der Waals surface area contributed by atoms with Crippen molar-refractivity contribution in [2.75, 3.05) is 0 Å². The Balaban J connectivity index is 2.60. The summed E-state index contributed by atoms with van der Waals surface area (Å²) in [6, 6.07) is 0. The van der Waals surface area contributed by atoms with Gasteiger partial charge in [-0.05, 0) is 25.7 Å². The summed E-state index contributed by atoms with van der Waals surface area (Å²) in [5.74, 6) is -0.396. The summed E-state index contributed by atoms with van der Waals surface area (Å²) >= 11 is 0. The van der Waals surface area contributed by atoms with E-state index < -0.39 is 12.2 Å². The molecule has 0 radical (unpaired) electrons. The van der Waals surface area contributed by atoms with Crippen molar-refractivity contribution in [2.24, 2.45) is 17.8 Å². The number of aliphatic hydroxyl groups is 2. The zero-order valence-corrected chi connectivity index (χ0v) is 14.1. The van der Waals surface area contributed by atoms with E-state index in [1.165, 1.54) is 6.08 Å². The van der Waals surface area contributed by atoms with E-state index in [0.29, 0.717) is 6.42 Å². The SMILES string of the molecule is C/C=C/C[C@H](C)[C@@H](O)[C@@H](C)[C@H](O)C[C@H]1OC(=O)C=C[C@H]1CC. The molecule has 22 heavy (non-hydrogen) atoms. The molecule has 4 heteroatoms. The molecule has 4 nitrogen and oxygen atoms in total. The number of aliphatic hydroxyl groups excluding tert-OH is 2. The van der Waals surface area contributed by atoms with E-state index in [1.807, 2.05) is 45.9 Å². The third-order valence-electron chi connectivity index (χ3n) is 4.64. The van der Waals surface area contributed by atoms with Gasteiger partial charge in [0.1, 0.15) is 6.10 Å². The lowest BCUT2D eigenvalue weighted by atomic mass is 9.83. The summed E-state index contributed by atoms with van der Waals surface area (Å²) in [5, 5.41) is 20.8. The summed E-state index contributed by atoms with van der Waals surface area (Å²) in [6.07, 6.45) is 7.72. The standard InChI is InChI=1S/C18H30O4/c1-5-7-8-12(3)18(21)13(4)15(19)11-16-14(6-2)9-10-17(20)22-16/h5,7,9-10,12-16,18-19,21H,6,8,11H2,1-4H3/b7-5+/t12-,13-,14+,15+,16+,18+/m0/s1. The second-order valence-electron chi connectivity index (χ2n) is 6.34. The van der Waals surface area contributed by atoms with Gasteiger partial charge in [-0.1, -0.05) is 39.0 Å².